The quantitative estimate of drug-likeness (QED) is 0.815. The van der Waals surface area contributed by atoms with Gasteiger partial charge in [-0.3, -0.25) is 0 Å². The summed E-state index contributed by atoms with van der Waals surface area (Å²) in [6.45, 7) is 2.20. The Balaban J connectivity index is 2.36. The summed E-state index contributed by atoms with van der Waals surface area (Å²) in [5.41, 5.74) is 7.53. The highest BCUT2D eigenvalue weighted by atomic mass is 14.6. The van der Waals surface area contributed by atoms with E-state index in [9.17, 15) is 0 Å². The van der Waals surface area contributed by atoms with E-state index in [0.717, 1.165) is 6.42 Å². The Morgan fingerprint density at radius 2 is 1.81 bits per heavy atom. The standard InChI is InChI=1S/C15H19N/c1-2-3-11-15(16)14-10-6-8-12-7-4-5-9-13(12)14/h4-10,15H,2-3,11,16H2,1H3/t15-/m0/s1. The Hall–Kier alpha value is -1.34. The Kier molecular flexibility index (Phi) is 3.58. The molecule has 0 amide bonds. The molecule has 2 N–H and O–H groups in total. The molecule has 0 saturated carbocycles. The van der Waals surface area contributed by atoms with Gasteiger partial charge in [-0.2, -0.15) is 0 Å². The third-order valence-electron chi connectivity index (χ3n) is 3.09. The summed E-state index contributed by atoms with van der Waals surface area (Å²) in [5, 5.41) is 2.58. The molecule has 0 aromatic heterocycles. The molecule has 0 unspecified atom stereocenters. The first kappa shape index (κ1) is 11.2. The minimum Gasteiger partial charge on any atom is -0.324 e. The number of unbranched alkanes of at least 4 members (excludes halogenated alkanes) is 1. The van der Waals surface area contributed by atoms with Gasteiger partial charge in [-0.05, 0) is 22.8 Å². The molecule has 0 aliphatic heterocycles. The molecule has 0 fully saturated rings. The van der Waals surface area contributed by atoms with Gasteiger partial charge in [0.25, 0.3) is 0 Å². The zero-order chi connectivity index (χ0) is 11.4. The molecule has 2 rings (SSSR count). The number of rotatable bonds is 4. The Labute approximate surface area is 97.3 Å². The van der Waals surface area contributed by atoms with Gasteiger partial charge in [-0.1, -0.05) is 62.2 Å². The highest BCUT2D eigenvalue weighted by Gasteiger charge is 2.08. The summed E-state index contributed by atoms with van der Waals surface area (Å²) < 4.78 is 0. The molecular formula is C15H19N. The minimum atomic E-state index is 0.172. The monoisotopic (exact) mass is 213 g/mol. The average Bonchev–Trinajstić information content (AvgIpc) is 2.35. The van der Waals surface area contributed by atoms with E-state index in [2.05, 4.69) is 49.4 Å². The van der Waals surface area contributed by atoms with Crippen LogP contribution in [0.5, 0.6) is 0 Å². The highest BCUT2D eigenvalue weighted by molar-refractivity contribution is 5.86. The Morgan fingerprint density at radius 1 is 1.06 bits per heavy atom. The van der Waals surface area contributed by atoms with Crippen LogP contribution >= 0.6 is 0 Å². The predicted octanol–water partition coefficient (Wildman–Crippen LogP) is 4.03. The van der Waals surface area contributed by atoms with Crippen LogP contribution in [-0.2, 0) is 0 Å². The molecule has 2 aromatic carbocycles. The van der Waals surface area contributed by atoms with Gasteiger partial charge in [-0.25, -0.2) is 0 Å². The van der Waals surface area contributed by atoms with E-state index in [1.54, 1.807) is 0 Å². The molecule has 1 heteroatoms. The van der Waals surface area contributed by atoms with Crippen LogP contribution in [0.4, 0.5) is 0 Å². The fourth-order valence-electron chi connectivity index (χ4n) is 2.15. The lowest BCUT2D eigenvalue weighted by molar-refractivity contribution is 0.607. The molecule has 0 heterocycles. The van der Waals surface area contributed by atoms with Gasteiger partial charge in [-0.15, -0.1) is 0 Å². The average molecular weight is 213 g/mol. The number of hydrogen-bond acceptors (Lipinski definition) is 1. The van der Waals surface area contributed by atoms with E-state index in [-0.39, 0.29) is 6.04 Å². The van der Waals surface area contributed by atoms with Crippen LogP contribution in [-0.4, -0.2) is 0 Å². The maximum Gasteiger partial charge on any atom is 0.0301 e. The fraction of sp³-hybridized carbons (Fsp3) is 0.333. The molecule has 0 aliphatic carbocycles. The summed E-state index contributed by atoms with van der Waals surface area (Å²) in [6, 6.07) is 15.0. The maximum atomic E-state index is 6.25. The van der Waals surface area contributed by atoms with Crippen LogP contribution < -0.4 is 5.73 Å². The molecule has 0 saturated heterocycles. The molecule has 0 radical (unpaired) electrons. The first-order chi connectivity index (χ1) is 7.83. The van der Waals surface area contributed by atoms with Gasteiger partial charge in [0.15, 0.2) is 0 Å². The van der Waals surface area contributed by atoms with E-state index in [4.69, 9.17) is 5.73 Å². The number of nitrogens with two attached hydrogens (primary N) is 1. The van der Waals surface area contributed by atoms with E-state index in [1.807, 2.05) is 0 Å². The van der Waals surface area contributed by atoms with Crippen molar-refractivity contribution >= 4 is 10.8 Å². The first-order valence-corrected chi connectivity index (χ1v) is 6.06. The van der Waals surface area contributed by atoms with E-state index >= 15 is 0 Å². The maximum absolute atomic E-state index is 6.25. The lowest BCUT2D eigenvalue weighted by atomic mass is 9.96. The van der Waals surface area contributed by atoms with Crippen molar-refractivity contribution < 1.29 is 0 Å². The van der Waals surface area contributed by atoms with E-state index in [0.29, 0.717) is 0 Å². The predicted molar refractivity (Wildman–Crippen MR) is 70.4 cm³/mol. The lowest BCUT2D eigenvalue weighted by Gasteiger charge is -2.14. The molecule has 2 aromatic rings. The van der Waals surface area contributed by atoms with Crippen molar-refractivity contribution in [1.82, 2.24) is 0 Å². The Morgan fingerprint density at radius 3 is 2.62 bits per heavy atom. The fourth-order valence-corrected chi connectivity index (χ4v) is 2.15. The van der Waals surface area contributed by atoms with Crippen LogP contribution in [0.2, 0.25) is 0 Å². The van der Waals surface area contributed by atoms with Crippen molar-refractivity contribution in [3.05, 3.63) is 48.0 Å². The molecule has 0 aliphatic rings. The van der Waals surface area contributed by atoms with Crippen molar-refractivity contribution in [2.75, 3.05) is 0 Å². The third kappa shape index (κ3) is 2.25. The van der Waals surface area contributed by atoms with Gasteiger partial charge >= 0.3 is 0 Å². The summed E-state index contributed by atoms with van der Waals surface area (Å²) in [7, 11) is 0. The van der Waals surface area contributed by atoms with Crippen LogP contribution in [0.1, 0.15) is 37.8 Å². The van der Waals surface area contributed by atoms with Crippen molar-refractivity contribution in [2.45, 2.75) is 32.2 Å². The van der Waals surface area contributed by atoms with E-state index in [1.165, 1.54) is 29.2 Å². The van der Waals surface area contributed by atoms with Gasteiger partial charge in [0.2, 0.25) is 0 Å². The number of fused-ring (bicyclic) bond motifs is 1. The van der Waals surface area contributed by atoms with E-state index < -0.39 is 0 Å². The zero-order valence-corrected chi connectivity index (χ0v) is 9.82. The number of benzene rings is 2. The van der Waals surface area contributed by atoms with Crippen LogP contribution in [0.15, 0.2) is 42.5 Å². The summed E-state index contributed by atoms with van der Waals surface area (Å²) in [6.07, 6.45) is 3.48. The van der Waals surface area contributed by atoms with Crippen LogP contribution in [0.3, 0.4) is 0 Å². The normalized spacial score (nSPS) is 12.9. The third-order valence-corrected chi connectivity index (χ3v) is 3.09. The molecule has 84 valence electrons. The van der Waals surface area contributed by atoms with Gasteiger partial charge < -0.3 is 5.73 Å². The second-order valence-corrected chi connectivity index (χ2v) is 4.32. The second-order valence-electron chi connectivity index (χ2n) is 4.32. The van der Waals surface area contributed by atoms with Crippen molar-refractivity contribution in [2.24, 2.45) is 5.73 Å². The largest absolute Gasteiger partial charge is 0.324 e. The number of hydrogen-bond donors (Lipinski definition) is 1. The molecular weight excluding hydrogens is 194 g/mol. The lowest BCUT2D eigenvalue weighted by Crippen LogP contribution is -2.10. The molecule has 1 atom stereocenters. The van der Waals surface area contributed by atoms with Gasteiger partial charge in [0.1, 0.15) is 0 Å². The smallest absolute Gasteiger partial charge is 0.0301 e. The molecule has 0 bridgehead atoms. The summed E-state index contributed by atoms with van der Waals surface area (Å²) in [5.74, 6) is 0. The van der Waals surface area contributed by atoms with Crippen LogP contribution in [0, 0.1) is 0 Å². The molecule has 0 spiro atoms. The SMILES string of the molecule is CCCC[C@H](N)c1cccc2ccccc12. The van der Waals surface area contributed by atoms with Gasteiger partial charge in [0, 0.05) is 6.04 Å². The van der Waals surface area contributed by atoms with Gasteiger partial charge in [0.05, 0.1) is 0 Å². The minimum absolute atomic E-state index is 0.172. The zero-order valence-electron chi connectivity index (χ0n) is 9.82. The summed E-state index contributed by atoms with van der Waals surface area (Å²) >= 11 is 0. The Bertz CT molecular complexity index is 456. The van der Waals surface area contributed by atoms with Crippen molar-refractivity contribution in [3.63, 3.8) is 0 Å². The first-order valence-electron chi connectivity index (χ1n) is 6.06. The molecule has 16 heavy (non-hydrogen) atoms. The van der Waals surface area contributed by atoms with Crippen LogP contribution in [0.25, 0.3) is 10.8 Å². The second kappa shape index (κ2) is 5.13. The summed E-state index contributed by atoms with van der Waals surface area (Å²) in [4.78, 5) is 0. The highest BCUT2D eigenvalue weighted by Crippen LogP contribution is 2.25. The molecule has 1 nitrogen and oxygen atoms in total. The van der Waals surface area contributed by atoms with Crippen molar-refractivity contribution in [3.8, 4) is 0 Å². The topological polar surface area (TPSA) is 26.0 Å². The van der Waals surface area contributed by atoms with Crippen molar-refractivity contribution in [1.29, 1.82) is 0 Å².